The highest BCUT2D eigenvalue weighted by molar-refractivity contribution is 7.89. The summed E-state index contributed by atoms with van der Waals surface area (Å²) < 4.78 is 32.7. The van der Waals surface area contributed by atoms with Crippen LogP contribution in [0, 0.1) is 5.92 Å². The number of ether oxygens (including phenoxy) is 1. The standard InChI is InChI=1S/C26H37N3O4S/c1-4-27-25-19-22(26(30)33-3)15-17-29(25)18-16-23(21-11-7-5-8-12-21)20-28(2)34(31,32)24-13-9-6-10-14-24/h5-14,22-23,25,27H,4,15-20H2,1-3H3/t22-,23?,25+/m0/s1. The van der Waals surface area contributed by atoms with Gasteiger partial charge in [0.2, 0.25) is 10.0 Å². The largest absolute Gasteiger partial charge is 0.469 e. The zero-order chi connectivity index (χ0) is 24.6. The molecule has 7 nitrogen and oxygen atoms in total. The summed E-state index contributed by atoms with van der Waals surface area (Å²) >= 11 is 0. The summed E-state index contributed by atoms with van der Waals surface area (Å²) in [6.45, 7) is 4.89. The third-order valence-corrected chi connectivity index (χ3v) is 8.49. The van der Waals surface area contributed by atoms with Gasteiger partial charge in [0.15, 0.2) is 0 Å². The van der Waals surface area contributed by atoms with E-state index in [0.717, 1.165) is 44.5 Å². The molecule has 0 radical (unpaired) electrons. The van der Waals surface area contributed by atoms with Gasteiger partial charge in [-0.1, -0.05) is 55.5 Å². The maximum absolute atomic E-state index is 13.1. The minimum atomic E-state index is -3.57. The Hall–Kier alpha value is -2.26. The molecule has 1 unspecified atom stereocenters. The smallest absolute Gasteiger partial charge is 0.308 e. The van der Waals surface area contributed by atoms with Crippen LogP contribution in [-0.4, -0.2) is 70.1 Å². The van der Waals surface area contributed by atoms with Crippen molar-refractivity contribution >= 4 is 16.0 Å². The van der Waals surface area contributed by atoms with Gasteiger partial charge in [0.05, 0.1) is 24.1 Å². The number of nitrogens with one attached hydrogen (secondary N) is 1. The number of benzene rings is 2. The van der Waals surface area contributed by atoms with Gasteiger partial charge >= 0.3 is 5.97 Å². The molecule has 8 heteroatoms. The molecule has 0 saturated carbocycles. The van der Waals surface area contributed by atoms with Crippen molar-refractivity contribution < 1.29 is 17.9 Å². The first kappa shape index (κ1) is 26.3. The third kappa shape index (κ3) is 6.66. The molecule has 1 aliphatic heterocycles. The van der Waals surface area contributed by atoms with Crippen molar-refractivity contribution in [2.45, 2.75) is 43.2 Å². The Balaban J connectivity index is 1.72. The van der Waals surface area contributed by atoms with Gasteiger partial charge in [-0.25, -0.2) is 12.7 Å². The predicted octanol–water partition coefficient (Wildman–Crippen LogP) is 3.30. The Morgan fingerprint density at radius 3 is 2.41 bits per heavy atom. The van der Waals surface area contributed by atoms with Crippen LogP contribution in [0.2, 0.25) is 0 Å². The van der Waals surface area contributed by atoms with Crippen molar-refractivity contribution in [1.82, 2.24) is 14.5 Å². The van der Waals surface area contributed by atoms with Crippen molar-refractivity contribution in [3.8, 4) is 0 Å². The van der Waals surface area contributed by atoms with Gasteiger partial charge in [-0.3, -0.25) is 9.69 Å². The van der Waals surface area contributed by atoms with Crippen LogP contribution in [0.4, 0.5) is 0 Å². The Bertz CT molecular complexity index is 1000. The molecule has 34 heavy (non-hydrogen) atoms. The average molecular weight is 488 g/mol. The van der Waals surface area contributed by atoms with E-state index in [2.05, 4.69) is 29.3 Å². The Morgan fingerprint density at radius 1 is 1.15 bits per heavy atom. The van der Waals surface area contributed by atoms with Crippen molar-refractivity contribution in [2.75, 3.05) is 40.3 Å². The molecule has 186 valence electrons. The van der Waals surface area contributed by atoms with E-state index in [9.17, 15) is 13.2 Å². The molecule has 1 aliphatic rings. The summed E-state index contributed by atoms with van der Waals surface area (Å²) in [7, 11) is -0.468. The summed E-state index contributed by atoms with van der Waals surface area (Å²) in [5.41, 5.74) is 1.13. The molecule has 2 aromatic carbocycles. The summed E-state index contributed by atoms with van der Waals surface area (Å²) in [4.78, 5) is 14.8. The summed E-state index contributed by atoms with van der Waals surface area (Å²) in [5, 5.41) is 3.51. The molecule has 1 heterocycles. The van der Waals surface area contributed by atoms with E-state index in [0.29, 0.717) is 11.4 Å². The first-order chi connectivity index (χ1) is 16.4. The molecule has 0 aromatic heterocycles. The number of likely N-dealkylation sites (tertiary alicyclic amines) is 1. The fourth-order valence-electron chi connectivity index (χ4n) is 4.70. The molecule has 0 amide bonds. The van der Waals surface area contributed by atoms with Gasteiger partial charge in [-0.15, -0.1) is 0 Å². The zero-order valence-corrected chi connectivity index (χ0v) is 21.2. The zero-order valence-electron chi connectivity index (χ0n) is 20.4. The lowest BCUT2D eigenvalue weighted by molar-refractivity contribution is -0.148. The first-order valence-electron chi connectivity index (χ1n) is 12.0. The maximum Gasteiger partial charge on any atom is 0.308 e. The molecule has 0 aliphatic carbocycles. The van der Waals surface area contributed by atoms with E-state index in [1.54, 1.807) is 31.3 Å². The van der Waals surface area contributed by atoms with Crippen LogP contribution < -0.4 is 5.32 Å². The monoisotopic (exact) mass is 487 g/mol. The van der Waals surface area contributed by atoms with Crippen molar-refractivity contribution in [3.63, 3.8) is 0 Å². The van der Waals surface area contributed by atoms with Crippen molar-refractivity contribution in [3.05, 3.63) is 66.2 Å². The second-order valence-corrected chi connectivity index (χ2v) is 10.9. The summed E-state index contributed by atoms with van der Waals surface area (Å²) in [5.74, 6) is -0.180. The first-order valence-corrected chi connectivity index (χ1v) is 13.4. The highest BCUT2D eigenvalue weighted by Gasteiger charge is 2.33. The number of piperidine rings is 1. The molecule has 3 rings (SSSR count). The van der Waals surface area contributed by atoms with E-state index in [-0.39, 0.29) is 24.0 Å². The van der Waals surface area contributed by atoms with E-state index >= 15 is 0 Å². The minimum absolute atomic E-state index is 0.0466. The van der Waals surface area contributed by atoms with Crippen LogP contribution in [0.25, 0.3) is 0 Å². The molecular formula is C26H37N3O4S. The molecule has 0 bridgehead atoms. The lowest BCUT2D eigenvalue weighted by Crippen LogP contribution is -2.52. The van der Waals surface area contributed by atoms with Gasteiger partial charge in [0, 0.05) is 26.7 Å². The molecule has 1 fully saturated rings. The number of esters is 1. The average Bonchev–Trinajstić information content (AvgIpc) is 2.87. The molecule has 2 aromatic rings. The molecule has 0 spiro atoms. The van der Waals surface area contributed by atoms with Crippen LogP contribution >= 0.6 is 0 Å². The number of methoxy groups -OCH3 is 1. The Morgan fingerprint density at radius 2 is 1.79 bits per heavy atom. The molecular weight excluding hydrogens is 450 g/mol. The second-order valence-electron chi connectivity index (χ2n) is 8.85. The van der Waals surface area contributed by atoms with Gasteiger partial charge in [-0.2, -0.15) is 0 Å². The highest BCUT2D eigenvalue weighted by atomic mass is 32.2. The maximum atomic E-state index is 13.1. The van der Waals surface area contributed by atoms with Crippen molar-refractivity contribution in [2.24, 2.45) is 5.92 Å². The topological polar surface area (TPSA) is 79.0 Å². The number of carbonyl (C=O) groups excluding carboxylic acids is 1. The number of sulfonamides is 1. The van der Waals surface area contributed by atoms with E-state index in [1.165, 1.54) is 11.4 Å². The predicted molar refractivity (Wildman–Crippen MR) is 134 cm³/mol. The van der Waals surface area contributed by atoms with E-state index in [4.69, 9.17) is 4.74 Å². The van der Waals surface area contributed by atoms with Gasteiger partial charge in [0.1, 0.15) is 0 Å². The van der Waals surface area contributed by atoms with E-state index in [1.807, 2.05) is 24.3 Å². The fourth-order valence-corrected chi connectivity index (χ4v) is 5.94. The van der Waals surface area contributed by atoms with Crippen LogP contribution in [-0.2, 0) is 19.6 Å². The lowest BCUT2D eigenvalue weighted by Gasteiger charge is -2.39. The van der Waals surface area contributed by atoms with Crippen LogP contribution in [0.5, 0.6) is 0 Å². The van der Waals surface area contributed by atoms with Gasteiger partial charge in [0.25, 0.3) is 0 Å². The third-order valence-electron chi connectivity index (χ3n) is 6.65. The number of rotatable bonds is 11. The van der Waals surface area contributed by atoms with Crippen molar-refractivity contribution in [1.29, 1.82) is 0 Å². The lowest BCUT2D eigenvalue weighted by atomic mass is 9.92. The SMILES string of the molecule is CCN[C@H]1C[C@@H](C(=O)OC)CCN1CCC(CN(C)S(=O)(=O)c1ccccc1)c1ccccc1. The number of likely N-dealkylation sites (N-methyl/N-ethyl adjacent to an activating group) is 1. The van der Waals surface area contributed by atoms with Crippen LogP contribution in [0.15, 0.2) is 65.6 Å². The highest BCUT2D eigenvalue weighted by Crippen LogP contribution is 2.27. The Kier molecular flexibility index (Phi) is 9.64. The Labute approximate surface area is 204 Å². The van der Waals surface area contributed by atoms with Gasteiger partial charge in [-0.05, 0) is 49.4 Å². The summed E-state index contributed by atoms with van der Waals surface area (Å²) in [6.07, 6.45) is 2.40. The fraction of sp³-hybridized carbons (Fsp3) is 0.500. The summed E-state index contributed by atoms with van der Waals surface area (Å²) in [6, 6.07) is 18.7. The van der Waals surface area contributed by atoms with E-state index < -0.39 is 10.0 Å². The number of hydrogen-bond acceptors (Lipinski definition) is 6. The number of hydrogen-bond donors (Lipinski definition) is 1. The molecule has 3 atom stereocenters. The van der Waals surface area contributed by atoms with Gasteiger partial charge < -0.3 is 10.1 Å². The van der Waals surface area contributed by atoms with Crippen LogP contribution in [0.3, 0.4) is 0 Å². The minimum Gasteiger partial charge on any atom is -0.469 e. The molecule has 1 N–H and O–H groups in total. The molecule has 1 saturated heterocycles. The van der Waals surface area contributed by atoms with Crippen LogP contribution in [0.1, 0.15) is 37.7 Å². The number of carbonyl (C=O) groups is 1. The number of nitrogens with zero attached hydrogens (tertiary/aromatic N) is 2. The second kappa shape index (κ2) is 12.4. The quantitative estimate of drug-likeness (QED) is 0.490. The normalized spacial score (nSPS) is 20.2.